The van der Waals surface area contributed by atoms with Crippen LogP contribution in [0.3, 0.4) is 0 Å². The van der Waals surface area contributed by atoms with Gasteiger partial charge in [0, 0.05) is 17.2 Å². The summed E-state index contributed by atoms with van der Waals surface area (Å²) < 4.78 is 2.26. The number of rotatable bonds is 9. The fourth-order valence-electron chi connectivity index (χ4n) is 2.22. The van der Waals surface area contributed by atoms with Gasteiger partial charge < -0.3 is 9.67 Å². The quantitative estimate of drug-likeness (QED) is 0.699. The van der Waals surface area contributed by atoms with Crippen molar-refractivity contribution in [1.29, 1.82) is 0 Å². The molecule has 0 spiro atoms. The van der Waals surface area contributed by atoms with Crippen LogP contribution in [-0.2, 0) is 11.3 Å². The Bertz CT molecular complexity index is 463. The summed E-state index contributed by atoms with van der Waals surface area (Å²) in [5.74, 6) is 0.386. The second kappa shape index (κ2) is 8.08. The van der Waals surface area contributed by atoms with Crippen LogP contribution in [0.25, 0.3) is 0 Å². The molecule has 0 aliphatic rings. The van der Waals surface area contributed by atoms with E-state index in [4.69, 9.17) is 5.11 Å². The van der Waals surface area contributed by atoms with Gasteiger partial charge in [-0.25, -0.2) is 0 Å². The summed E-state index contributed by atoms with van der Waals surface area (Å²) in [5.41, 5.74) is 0. The molecule has 0 atom stereocenters. The van der Waals surface area contributed by atoms with Crippen LogP contribution in [0.2, 0.25) is 0 Å². The second-order valence-corrected chi connectivity index (χ2v) is 7.58. The number of aromatic nitrogens is 3. The Balaban J connectivity index is 3.11. The fraction of sp³-hybridized carbons (Fsp3) is 0.786. The van der Waals surface area contributed by atoms with E-state index in [0.29, 0.717) is 5.16 Å². The first kappa shape index (κ1) is 18.4. The lowest BCUT2D eigenvalue weighted by atomic mass is 10.0. The maximum absolute atomic E-state index is 10.8. The maximum Gasteiger partial charge on any atom is 0.313 e. The average molecular weight is 332 g/mol. The van der Waals surface area contributed by atoms with E-state index in [1.807, 2.05) is 11.8 Å². The largest absolute Gasteiger partial charge is 0.481 e. The van der Waals surface area contributed by atoms with Gasteiger partial charge in [-0.15, -0.1) is 10.2 Å². The third-order valence-corrected chi connectivity index (χ3v) is 6.28. The molecular weight excluding hydrogens is 306 g/mol. The molecule has 0 fully saturated rings. The molecule has 0 bridgehead atoms. The van der Waals surface area contributed by atoms with Gasteiger partial charge in [0.05, 0.1) is 5.75 Å². The highest BCUT2D eigenvalue weighted by Gasteiger charge is 2.29. The van der Waals surface area contributed by atoms with E-state index in [2.05, 4.69) is 48.7 Å². The number of thioether (sulfide) groups is 2. The summed E-state index contributed by atoms with van der Waals surface area (Å²) in [6.07, 6.45) is 4.25. The van der Waals surface area contributed by atoms with Crippen molar-refractivity contribution in [2.75, 3.05) is 12.0 Å². The zero-order chi connectivity index (χ0) is 16.0. The van der Waals surface area contributed by atoms with Gasteiger partial charge in [-0.3, -0.25) is 4.79 Å². The highest BCUT2D eigenvalue weighted by molar-refractivity contribution is 8.00. The summed E-state index contributed by atoms with van der Waals surface area (Å²) in [4.78, 5) is 10.8. The normalized spacial score (nSPS) is 12.1. The standard InChI is InChI=1S/C14H25N3O2S2/c1-6-14(7-2,20-5)9-17-12(10(3)4)15-16-13(17)21-8-11(18)19/h10H,6-9H2,1-5H3,(H,18,19). The molecule has 1 N–H and O–H groups in total. The molecule has 0 aliphatic carbocycles. The Morgan fingerprint density at radius 3 is 2.38 bits per heavy atom. The fourth-order valence-corrected chi connectivity index (χ4v) is 3.72. The van der Waals surface area contributed by atoms with Gasteiger partial charge in [0.2, 0.25) is 0 Å². The maximum atomic E-state index is 10.8. The van der Waals surface area contributed by atoms with Gasteiger partial charge in [-0.05, 0) is 19.1 Å². The van der Waals surface area contributed by atoms with Crippen LogP contribution in [0, 0.1) is 0 Å². The molecule has 5 nitrogen and oxygen atoms in total. The number of carboxylic acid groups (broad SMARTS) is 1. The SMILES string of the molecule is CCC(CC)(Cn1c(SCC(=O)O)nnc1C(C)C)SC. The van der Waals surface area contributed by atoms with E-state index in [1.54, 1.807) is 0 Å². The van der Waals surface area contributed by atoms with Crippen molar-refractivity contribution < 1.29 is 9.90 Å². The lowest BCUT2D eigenvalue weighted by Gasteiger charge is -2.31. The van der Waals surface area contributed by atoms with E-state index in [0.717, 1.165) is 25.2 Å². The number of hydrogen-bond donors (Lipinski definition) is 1. The van der Waals surface area contributed by atoms with Crippen LogP contribution in [0.1, 0.15) is 52.3 Å². The van der Waals surface area contributed by atoms with Crippen LogP contribution in [0.5, 0.6) is 0 Å². The molecule has 1 aromatic heterocycles. The molecule has 0 aliphatic heterocycles. The lowest BCUT2D eigenvalue weighted by Crippen LogP contribution is -2.30. The highest BCUT2D eigenvalue weighted by Crippen LogP contribution is 2.34. The van der Waals surface area contributed by atoms with E-state index in [1.165, 1.54) is 11.8 Å². The van der Waals surface area contributed by atoms with Gasteiger partial charge >= 0.3 is 5.97 Å². The average Bonchev–Trinajstić information content (AvgIpc) is 2.85. The zero-order valence-electron chi connectivity index (χ0n) is 13.4. The Morgan fingerprint density at radius 2 is 1.95 bits per heavy atom. The number of hydrogen-bond acceptors (Lipinski definition) is 5. The van der Waals surface area contributed by atoms with Gasteiger partial charge in [0.15, 0.2) is 5.16 Å². The van der Waals surface area contributed by atoms with Gasteiger partial charge in [0.1, 0.15) is 5.82 Å². The number of carboxylic acids is 1. The predicted octanol–water partition coefficient (Wildman–Crippen LogP) is 3.50. The summed E-state index contributed by atoms with van der Waals surface area (Å²) in [6, 6.07) is 0. The second-order valence-electron chi connectivity index (χ2n) is 5.36. The number of carbonyl (C=O) groups is 1. The van der Waals surface area contributed by atoms with Crippen molar-refractivity contribution in [3.05, 3.63) is 5.82 Å². The van der Waals surface area contributed by atoms with Crippen molar-refractivity contribution in [3.8, 4) is 0 Å². The van der Waals surface area contributed by atoms with Crippen molar-refractivity contribution in [2.24, 2.45) is 0 Å². The molecule has 0 saturated heterocycles. The molecule has 120 valence electrons. The Labute approximate surface area is 135 Å². The molecule has 0 radical (unpaired) electrons. The van der Waals surface area contributed by atoms with Crippen LogP contribution < -0.4 is 0 Å². The van der Waals surface area contributed by atoms with Crippen LogP contribution in [0.15, 0.2) is 5.16 Å². The van der Waals surface area contributed by atoms with Gasteiger partial charge in [-0.2, -0.15) is 11.8 Å². The van der Waals surface area contributed by atoms with Crippen molar-refractivity contribution in [3.63, 3.8) is 0 Å². The Morgan fingerprint density at radius 1 is 1.33 bits per heavy atom. The minimum atomic E-state index is -0.831. The van der Waals surface area contributed by atoms with Crippen LogP contribution in [-0.4, -0.2) is 42.6 Å². The zero-order valence-corrected chi connectivity index (χ0v) is 15.1. The minimum absolute atomic E-state index is 0.0146. The molecular formula is C14H25N3O2S2. The van der Waals surface area contributed by atoms with E-state index in [-0.39, 0.29) is 16.4 Å². The van der Waals surface area contributed by atoms with Crippen LogP contribution in [0.4, 0.5) is 0 Å². The third kappa shape index (κ3) is 4.64. The number of aliphatic carboxylic acids is 1. The molecule has 0 aromatic carbocycles. The number of nitrogens with zero attached hydrogens (tertiary/aromatic N) is 3. The highest BCUT2D eigenvalue weighted by atomic mass is 32.2. The monoisotopic (exact) mass is 331 g/mol. The third-order valence-electron chi connectivity index (χ3n) is 3.75. The first-order chi connectivity index (χ1) is 9.89. The molecule has 1 heterocycles. The summed E-state index contributed by atoms with van der Waals surface area (Å²) >= 11 is 3.11. The molecule has 1 aromatic rings. The van der Waals surface area contributed by atoms with Crippen molar-refractivity contribution >= 4 is 29.5 Å². The molecule has 7 heteroatoms. The molecule has 0 saturated carbocycles. The van der Waals surface area contributed by atoms with E-state index >= 15 is 0 Å². The first-order valence-corrected chi connectivity index (χ1v) is 9.43. The van der Waals surface area contributed by atoms with Gasteiger partial charge in [0.25, 0.3) is 0 Å². The smallest absolute Gasteiger partial charge is 0.313 e. The van der Waals surface area contributed by atoms with Crippen LogP contribution >= 0.6 is 23.5 Å². The van der Waals surface area contributed by atoms with Crippen molar-refractivity contribution in [2.45, 2.75) is 62.9 Å². The minimum Gasteiger partial charge on any atom is -0.481 e. The summed E-state index contributed by atoms with van der Waals surface area (Å²) in [7, 11) is 0. The molecule has 1 rings (SSSR count). The lowest BCUT2D eigenvalue weighted by molar-refractivity contribution is -0.133. The predicted molar refractivity (Wildman–Crippen MR) is 89.3 cm³/mol. The Kier molecular flexibility index (Phi) is 7.06. The van der Waals surface area contributed by atoms with Gasteiger partial charge in [-0.1, -0.05) is 39.5 Å². The topological polar surface area (TPSA) is 68.0 Å². The molecule has 21 heavy (non-hydrogen) atoms. The Hall–Kier alpha value is -0.690. The van der Waals surface area contributed by atoms with Crippen molar-refractivity contribution in [1.82, 2.24) is 14.8 Å². The van der Waals surface area contributed by atoms with E-state index < -0.39 is 5.97 Å². The molecule has 0 unspecified atom stereocenters. The molecule has 0 amide bonds. The summed E-state index contributed by atoms with van der Waals surface area (Å²) in [5, 5.41) is 18.1. The first-order valence-electron chi connectivity index (χ1n) is 7.22. The summed E-state index contributed by atoms with van der Waals surface area (Å²) in [6.45, 7) is 9.40. The van der Waals surface area contributed by atoms with E-state index in [9.17, 15) is 4.79 Å².